The van der Waals surface area contributed by atoms with Crippen molar-refractivity contribution in [3.8, 4) is 11.5 Å². The second-order valence-corrected chi connectivity index (χ2v) is 33.2. The normalized spacial score (nSPS) is 16.4. The second kappa shape index (κ2) is 69.1. The zero-order valence-electron chi connectivity index (χ0n) is 71.2. The number of ether oxygens (including phenoxy) is 6. The highest BCUT2D eigenvalue weighted by atomic mass is 31.2. The molecule has 19 nitrogen and oxygen atoms in total. The molecule has 2 aromatic rings. The van der Waals surface area contributed by atoms with E-state index in [2.05, 4.69) is 52.2 Å². The third-order valence-electron chi connectivity index (χ3n) is 21.3. The monoisotopic (exact) mass is 1600 g/mol. The number of phosphoric acid groups is 1. The van der Waals surface area contributed by atoms with Gasteiger partial charge in [-0.05, 0) is 82.1 Å². The molecular weight excluding hydrogens is 1440 g/mol. The maximum atomic E-state index is 15.7. The van der Waals surface area contributed by atoms with Crippen LogP contribution in [-0.2, 0) is 66.3 Å². The molecule has 1 saturated heterocycles. The summed E-state index contributed by atoms with van der Waals surface area (Å²) in [7, 11) is -4.96. The minimum Gasteiger partial charge on any atom is -0.462 e. The summed E-state index contributed by atoms with van der Waals surface area (Å²) in [5.74, 6) is -2.82. The summed E-state index contributed by atoms with van der Waals surface area (Å²) in [6, 6.07) is 14.9. The predicted octanol–water partition coefficient (Wildman–Crippen LogP) is 24.0. The van der Waals surface area contributed by atoms with Crippen LogP contribution in [0.4, 0.5) is 0 Å². The molecule has 0 aliphatic carbocycles. The molecule has 1 heterocycles. The maximum Gasteiger partial charge on any atom is 0.588 e. The van der Waals surface area contributed by atoms with Gasteiger partial charge in [0.25, 0.3) is 0 Å². The first kappa shape index (κ1) is 101. The SMILES string of the molecule is CCCCCCCCCCC[C@H](CC(=O)NCCO[C@@H]1O[C@H](CO)[C@@H](OP(=O)(Oc2ccccc2)Oc2ccccc2)[C@H](OC(=O)C[C@@H](CCCCCCCCCCC)OC(=O)CCCCCCCCC)[C@H]1NC(=O)C[C@@H](CCCCCCCCCCC)OC(=O)CCCCCCCCC)OC(=O)CCCCCCCCC. The quantitative estimate of drug-likeness (QED) is 0.0241. The molecule has 8 atom stereocenters. The first-order valence-corrected chi connectivity index (χ1v) is 47.1. The largest absolute Gasteiger partial charge is 0.588 e. The Morgan fingerprint density at radius 1 is 0.393 bits per heavy atom. The van der Waals surface area contributed by atoms with Crippen molar-refractivity contribution in [2.45, 2.75) is 456 Å². The van der Waals surface area contributed by atoms with Crippen LogP contribution in [0.1, 0.15) is 408 Å². The van der Waals surface area contributed by atoms with Gasteiger partial charge in [-0.25, -0.2) is 4.57 Å². The van der Waals surface area contributed by atoms with Gasteiger partial charge >= 0.3 is 31.7 Å². The molecule has 112 heavy (non-hydrogen) atoms. The Morgan fingerprint density at radius 2 is 0.705 bits per heavy atom. The van der Waals surface area contributed by atoms with Gasteiger partial charge in [0.1, 0.15) is 48.1 Å². The Balaban J connectivity index is 2.16. The van der Waals surface area contributed by atoms with Crippen LogP contribution in [-0.4, -0.2) is 110 Å². The van der Waals surface area contributed by atoms with Gasteiger partial charge < -0.3 is 53.2 Å². The topological polar surface area (TPSA) is 247 Å². The molecule has 1 aliphatic heterocycles. The van der Waals surface area contributed by atoms with Gasteiger partial charge in [-0.3, -0.25) is 33.3 Å². The second-order valence-electron chi connectivity index (χ2n) is 31.7. The number of hydrogen-bond acceptors (Lipinski definition) is 17. The molecule has 1 fully saturated rings. The van der Waals surface area contributed by atoms with E-state index in [-0.39, 0.29) is 68.6 Å². The Labute approximate surface area is 679 Å². The number of phosphoric ester groups is 1. The molecule has 20 heteroatoms. The third kappa shape index (κ3) is 52.5. The molecule has 0 spiro atoms. The lowest BCUT2D eigenvalue weighted by Gasteiger charge is -2.45. The zero-order chi connectivity index (χ0) is 81.0. The van der Waals surface area contributed by atoms with E-state index >= 15 is 14.2 Å². The number of aliphatic hydroxyl groups is 1. The maximum absolute atomic E-state index is 15.7. The van der Waals surface area contributed by atoms with Crippen LogP contribution in [0.5, 0.6) is 11.5 Å². The van der Waals surface area contributed by atoms with E-state index < -0.39 is 93.6 Å². The van der Waals surface area contributed by atoms with Crippen LogP contribution in [0, 0.1) is 0 Å². The molecule has 0 aromatic heterocycles. The fourth-order valence-corrected chi connectivity index (χ4v) is 16.0. The van der Waals surface area contributed by atoms with Crippen molar-refractivity contribution in [3.05, 3.63) is 60.7 Å². The van der Waals surface area contributed by atoms with Crippen LogP contribution in [0.2, 0.25) is 0 Å². The molecule has 0 unspecified atom stereocenters. The predicted molar refractivity (Wildman–Crippen MR) is 450 cm³/mol. The van der Waals surface area contributed by atoms with Crippen molar-refractivity contribution in [2.24, 2.45) is 0 Å². The number of para-hydroxylation sites is 2. The van der Waals surface area contributed by atoms with E-state index in [0.29, 0.717) is 44.9 Å². The number of esters is 4. The van der Waals surface area contributed by atoms with Crippen LogP contribution in [0.3, 0.4) is 0 Å². The summed E-state index contributed by atoms with van der Waals surface area (Å²) >= 11 is 0. The summed E-state index contributed by atoms with van der Waals surface area (Å²) in [6.07, 6.45) is 42.8. The molecule has 0 saturated carbocycles. The highest BCUT2D eigenvalue weighted by Crippen LogP contribution is 2.52. The van der Waals surface area contributed by atoms with E-state index in [9.17, 15) is 24.3 Å². The standard InChI is InChI=1S/C92H159N2O17P/c1-7-13-19-25-31-34-40-43-51-65-79(104-85(98)68-58-46-37-28-22-16-10-4)73-83(96)93-71-72-103-92-89(94-84(97)74-80(66-52-44-41-35-32-26-20-14-8-2)105-86(99)69-59-47-38-29-23-17-11-5)91(90(82(76-95)107-92)111-112(102,109-77-61-54-49-55-62-77)110-78-63-56-50-57-64-78)108-88(101)75-81(67-53-45-42-36-33-27-21-15-9-3)106-87(100)70-60-48-39-30-24-18-12-6/h49-50,54-57,61-64,79-82,89-92,95H,7-48,51-53,58-60,65-76H2,1-6H3,(H,93,96)(H,94,97)/t79-,80-,81-,82-,89-,90-,91-,92-/m1/s1. The van der Waals surface area contributed by atoms with Gasteiger partial charge in [-0.15, -0.1) is 0 Å². The van der Waals surface area contributed by atoms with Crippen LogP contribution in [0.15, 0.2) is 60.7 Å². The van der Waals surface area contributed by atoms with Crippen molar-refractivity contribution >= 4 is 43.5 Å². The summed E-state index contributed by atoms with van der Waals surface area (Å²) in [5, 5.41) is 17.6. The van der Waals surface area contributed by atoms with Gasteiger partial charge in [0.05, 0.1) is 32.5 Å². The molecule has 0 bridgehead atoms. The molecule has 2 aromatic carbocycles. The van der Waals surface area contributed by atoms with Crippen LogP contribution < -0.4 is 19.7 Å². The highest BCUT2D eigenvalue weighted by Gasteiger charge is 2.54. The molecule has 3 N–H and O–H groups in total. The van der Waals surface area contributed by atoms with E-state index in [1.54, 1.807) is 60.7 Å². The lowest BCUT2D eigenvalue weighted by atomic mass is 9.96. The number of carbonyl (C=O) groups excluding carboxylic acids is 6. The number of carbonyl (C=O) groups is 6. The van der Waals surface area contributed by atoms with E-state index in [1.807, 2.05) is 0 Å². The summed E-state index contributed by atoms with van der Waals surface area (Å²) < 4.78 is 73.0. The zero-order valence-corrected chi connectivity index (χ0v) is 72.1. The van der Waals surface area contributed by atoms with Gasteiger partial charge in [0.15, 0.2) is 12.4 Å². The van der Waals surface area contributed by atoms with Crippen LogP contribution in [0.25, 0.3) is 0 Å². The number of amides is 2. The number of hydrogen-bond donors (Lipinski definition) is 3. The average molecular weight is 1600 g/mol. The average Bonchev–Trinajstić information content (AvgIpc) is 0.773. The minimum absolute atomic E-state index is 0.0728. The molecule has 0 radical (unpaired) electrons. The smallest absolute Gasteiger partial charge is 0.462 e. The lowest BCUT2D eigenvalue weighted by Crippen LogP contribution is -2.66. The van der Waals surface area contributed by atoms with Crippen molar-refractivity contribution in [2.75, 3.05) is 19.8 Å². The number of nitrogens with one attached hydrogen (secondary N) is 2. The molecule has 3 rings (SSSR count). The van der Waals surface area contributed by atoms with Gasteiger partial charge in [0, 0.05) is 25.8 Å². The highest BCUT2D eigenvalue weighted by molar-refractivity contribution is 7.49. The van der Waals surface area contributed by atoms with Crippen molar-refractivity contribution in [3.63, 3.8) is 0 Å². The first-order chi connectivity index (χ1) is 54.7. The van der Waals surface area contributed by atoms with Gasteiger partial charge in [-0.2, -0.15) is 0 Å². The molecular formula is C92H159N2O17P. The first-order valence-electron chi connectivity index (χ1n) is 45.7. The Hall–Kier alpha value is -5.07. The fraction of sp³-hybridized carbons (Fsp3) is 0.804. The Bertz CT molecular complexity index is 2630. The van der Waals surface area contributed by atoms with E-state index in [1.165, 1.54) is 109 Å². The number of unbranched alkanes of at least 4 members (excludes halogenated alkanes) is 42. The van der Waals surface area contributed by atoms with Crippen molar-refractivity contribution in [1.29, 1.82) is 0 Å². The lowest BCUT2D eigenvalue weighted by molar-refractivity contribution is -0.270. The molecule has 644 valence electrons. The van der Waals surface area contributed by atoms with Crippen molar-refractivity contribution < 1.29 is 80.4 Å². The fourth-order valence-electron chi connectivity index (χ4n) is 14.6. The number of aliphatic hydroxyl groups excluding tert-OH is 1. The third-order valence-corrected chi connectivity index (χ3v) is 22.6. The Kier molecular flexibility index (Phi) is 62.4. The summed E-state index contributed by atoms with van der Waals surface area (Å²) in [4.78, 5) is 85.7. The minimum atomic E-state index is -4.96. The number of benzene rings is 2. The Morgan fingerprint density at radius 3 is 1.04 bits per heavy atom. The molecule has 1 aliphatic rings. The van der Waals surface area contributed by atoms with Gasteiger partial charge in [-0.1, -0.05) is 348 Å². The van der Waals surface area contributed by atoms with Crippen molar-refractivity contribution in [1.82, 2.24) is 10.6 Å². The number of rotatable bonds is 76. The van der Waals surface area contributed by atoms with E-state index in [4.69, 9.17) is 42.0 Å². The summed E-state index contributed by atoms with van der Waals surface area (Å²) in [5.41, 5.74) is 0. The van der Waals surface area contributed by atoms with E-state index in [0.717, 1.165) is 173 Å². The molecule has 2 amide bonds. The van der Waals surface area contributed by atoms with Gasteiger partial charge in [0.2, 0.25) is 11.8 Å². The van der Waals surface area contributed by atoms with Crippen LogP contribution >= 0.6 is 7.82 Å². The summed E-state index contributed by atoms with van der Waals surface area (Å²) in [6.45, 7) is 12.0.